The third kappa shape index (κ3) is 5.11. The molecule has 2 rings (SSSR count). The minimum Gasteiger partial charge on any atom is -0.504 e. The number of phenolic OH excluding ortho intramolecular Hbond substituents is 1. The monoisotopic (exact) mass is 368 g/mol. The normalized spacial score (nSPS) is 16.9. The van der Waals surface area contributed by atoms with Crippen LogP contribution in [0.2, 0.25) is 0 Å². The van der Waals surface area contributed by atoms with Crippen LogP contribution in [0.15, 0.2) is 12.1 Å². The van der Waals surface area contributed by atoms with E-state index in [1.165, 1.54) is 19.2 Å². The fourth-order valence-electron chi connectivity index (χ4n) is 3.11. The molecular weight excluding hydrogens is 342 g/mol. The molecule has 2 N–H and O–H groups in total. The molecule has 0 saturated carbocycles. The van der Waals surface area contributed by atoms with E-state index >= 15 is 0 Å². The molecule has 23 heavy (non-hydrogen) atoms. The van der Waals surface area contributed by atoms with Gasteiger partial charge in [-0.15, -0.1) is 24.8 Å². The van der Waals surface area contributed by atoms with Gasteiger partial charge in [-0.3, -0.25) is 4.90 Å². The molecule has 4 nitrogen and oxygen atoms in total. The summed E-state index contributed by atoms with van der Waals surface area (Å²) in [6.45, 7) is 9.88. The van der Waals surface area contributed by atoms with Crippen LogP contribution in [0, 0.1) is 11.2 Å². The van der Waals surface area contributed by atoms with Gasteiger partial charge >= 0.3 is 0 Å². The van der Waals surface area contributed by atoms with Crippen molar-refractivity contribution < 1.29 is 14.2 Å². The standard InChI is InChI=1S/C16H25FN2O2.2ClH/c1-16(2,3)15(19-7-5-18-6-8-19)12-9-11(17)10-13(21-4)14(12)20;;/h9-10,15,18,20H,5-8H2,1-4H3;2*1H/t15-;;/m0../s1. The van der Waals surface area contributed by atoms with Crippen LogP contribution in [0.25, 0.3) is 0 Å². The summed E-state index contributed by atoms with van der Waals surface area (Å²) in [6, 6.07) is 2.58. The number of rotatable bonds is 3. The summed E-state index contributed by atoms with van der Waals surface area (Å²) in [7, 11) is 1.44. The fourth-order valence-corrected chi connectivity index (χ4v) is 3.11. The minimum absolute atomic E-state index is 0. The van der Waals surface area contributed by atoms with Gasteiger partial charge in [0, 0.05) is 43.9 Å². The van der Waals surface area contributed by atoms with Gasteiger partial charge in [0.1, 0.15) is 5.82 Å². The number of nitrogens with one attached hydrogen (secondary N) is 1. The van der Waals surface area contributed by atoms with E-state index in [9.17, 15) is 9.50 Å². The highest BCUT2D eigenvalue weighted by molar-refractivity contribution is 5.85. The molecule has 7 heteroatoms. The summed E-state index contributed by atoms with van der Waals surface area (Å²) >= 11 is 0. The van der Waals surface area contributed by atoms with Gasteiger partial charge in [-0.2, -0.15) is 0 Å². The largest absolute Gasteiger partial charge is 0.504 e. The van der Waals surface area contributed by atoms with Gasteiger partial charge in [0.05, 0.1) is 7.11 Å². The first kappa shape index (κ1) is 22.2. The predicted octanol–water partition coefficient (Wildman–Crippen LogP) is 3.38. The molecule has 134 valence electrons. The zero-order valence-corrected chi connectivity index (χ0v) is 15.7. The molecule has 0 radical (unpaired) electrons. The Morgan fingerprint density at radius 3 is 2.26 bits per heavy atom. The van der Waals surface area contributed by atoms with Crippen molar-refractivity contribution >= 4 is 24.8 Å². The van der Waals surface area contributed by atoms with Crippen molar-refractivity contribution in [2.24, 2.45) is 5.41 Å². The van der Waals surface area contributed by atoms with Gasteiger partial charge in [0.25, 0.3) is 0 Å². The first-order valence-electron chi connectivity index (χ1n) is 7.35. The van der Waals surface area contributed by atoms with Gasteiger partial charge in [-0.05, 0) is 11.5 Å². The average molecular weight is 369 g/mol. The van der Waals surface area contributed by atoms with E-state index in [2.05, 4.69) is 31.0 Å². The molecule has 0 unspecified atom stereocenters. The Bertz CT molecular complexity index is 504. The molecule has 1 aromatic rings. The lowest BCUT2D eigenvalue weighted by atomic mass is 9.80. The van der Waals surface area contributed by atoms with Crippen LogP contribution in [-0.4, -0.2) is 43.3 Å². The summed E-state index contributed by atoms with van der Waals surface area (Å²) in [4.78, 5) is 2.30. The summed E-state index contributed by atoms with van der Waals surface area (Å²) < 4.78 is 19.0. The number of methoxy groups -OCH3 is 1. The molecule has 1 saturated heterocycles. The Morgan fingerprint density at radius 1 is 1.22 bits per heavy atom. The van der Waals surface area contributed by atoms with E-state index in [4.69, 9.17) is 4.74 Å². The zero-order valence-electron chi connectivity index (χ0n) is 14.1. The van der Waals surface area contributed by atoms with Crippen molar-refractivity contribution in [2.75, 3.05) is 33.3 Å². The number of hydrogen-bond acceptors (Lipinski definition) is 4. The van der Waals surface area contributed by atoms with Crippen LogP contribution >= 0.6 is 24.8 Å². The maximum Gasteiger partial charge on any atom is 0.163 e. The highest BCUT2D eigenvalue weighted by atomic mass is 35.5. The highest BCUT2D eigenvalue weighted by Crippen LogP contribution is 2.45. The Labute approximate surface area is 150 Å². The molecule has 0 spiro atoms. The highest BCUT2D eigenvalue weighted by Gasteiger charge is 2.35. The van der Waals surface area contributed by atoms with Crippen LogP contribution in [0.3, 0.4) is 0 Å². The van der Waals surface area contributed by atoms with E-state index in [0.29, 0.717) is 5.56 Å². The molecule has 1 aliphatic rings. The Kier molecular flexibility index (Phi) is 8.63. The number of aromatic hydroxyl groups is 1. The molecule has 1 fully saturated rings. The molecule has 1 aromatic carbocycles. The lowest BCUT2D eigenvalue weighted by Gasteiger charge is -2.42. The molecular formula is C16H27Cl2FN2O2. The summed E-state index contributed by atoms with van der Waals surface area (Å²) in [5.41, 5.74) is 0.467. The van der Waals surface area contributed by atoms with Crippen molar-refractivity contribution in [3.63, 3.8) is 0 Å². The van der Waals surface area contributed by atoms with Crippen molar-refractivity contribution in [3.8, 4) is 11.5 Å². The quantitative estimate of drug-likeness (QED) is 0.858. The summed E-state index contributed by atoms with van der Waals surface area (Å²) in [6.07, 6.45) is 0. The second kappa shape index (κ2) is 8.92. The van der Waals surface area contributed by atoms with Crippen LogP contribution < -0.4 is 10.1 Å². The van der Waals surface area contributed by atoms with Crippen molar-refractivity contribution in [3.05, 3.63) is 23.5 Å². The van der Waals surface area contributed by atoms with Crippen molar-refractivity contribution in [1.82, 2.24) is 10.2 Å². The van der Waals surface area contributed by atoms with Gasteiger partial charge in [0.2, 0.25) is 0 Å². The summed E-state index contributed by atoms with van der Waals surface area (Å²) in [5.74, 6) is -0.157. The first-order chi connectivity index (χ1) is 9.84. The van der Waals surface area contributed by atoms with E-state index in [1.54, 1.807) is 0 Å². The van der Waals surface area contributed by atoms with Crippen LogP contribution in [0.4, 0.5) is 4.39 Å². The predicted molar refractivity (Wildman–Crippen MR) is 95.8 cm³/mol. The van der Waals surface area contributed by atoms with Gasteiger partial charge in [-0.1, -0.05) is 20.8 Å². The minimum atomic E-state index is -0.385. The Balaban J connectivity index is 0.00000242. The fraction of sp³-hybridized carbons (Fsp3) is 0.625. The smallest absolute Gasteiger partial charge is 0.163 e. The van der Waals surface area contributed by atoms with Crippen molar-refractivity contribution in [2.45, 2.75) is 26.8 Å². The van der Waals surface area contributed by atoms with Crippen LogP contribution in [0.5, 0.6) is 11.5 Å². The topological polar surface area (TPSA) is 44.7 Å². The summed E-state index contributed by atoms with van der Waals surface area (Å²) in [5, 5.41) is 13.8. The molecule has 0 aliphatic carbocycles. The molecule has 0 amide bonds. The molecule has 1 heterocycles. The number of nitrogens with zero attached hydrogens (tertiary/aromatic N) is 1. The lowest BCUT2D eigenvalue weighted by molar-refractivity contribution is 0.0836. The first-order valence-corrected chi connectivity index (χ1v) is 7.35. The third-order valence-electron chi connectivity index (χ3n) is 3.92. The second-order valence-corrected chi connectivity index (χ2v) is 6.60. The maximum atomic E-state index is 13.9. The van der Waals surface area contributed by atoms with Gasteiger partial charge in [-0.25, -0.2) is 4.39 Å². The van der Waals surface area contributed by atoms with Crippen molar-refractivity contribution in [1.29, 1.82) is 0 Å². The number of halogens is 3. The molecule has 0 bridgehead atoms. The Hall–Kier alpha value is -0.750. The molecule has 1 aliphatic heterocycles. The zero-order chi connectivity index (χ0) is 15.6. The van der Waals surface area contributed by atoms with Gasteiger partial charge in [0.15, 0.2) is 11.5 Å². The SMILES string of the molecule is COc1cc(F)cc([C@H](N2CCNCC2)C(C)(C)C)c1O.Cl.Cl. The van der Waals surface area contributed by atoms with E-state index < -0.39 is 0 Å². The maximum absolute atomic E-state index is 13.9. The molecule has 0 aromatic heterocycles. The van der Waals surface area contributed by atoms with E-state index in [0.717, 1.165) is 26.2 Å². The number of piperazine rings is 1. The van der Waals surface area contributed by atoms with E-state index in [-0.39, 0.29) is 53.6 Å². The molecule has 1 atom stereocenters. The lowest BCUT2D eigenvalue weighted by Crippen LogP contribution is -2.48. The Morgan fingerprint density at radius 2 is 1.78 bits per heavy atom. The third-order valence-corrected chi connectivity index (χ3v) is 3.92. The second-order valence-electron chi connectivity index (χ2n) is 6.60. The van der Waals surface area contributed by atoms with Crippen LogP contribution in [-0.2, 0) is 0 Å². The number of ether oxygens (including phenoxy) is 1. The van der Waals surface area contributed by atoms with Crippen LogP contribution in [0.1, 0.15) is 32.4 Å². The van der Waals surface area contributed by atoms with Gasteiger partial charge < -0.3 is 15.2 Å². The average Bonchev–Trinajstić information content (AvgIpc) is 2.42. The van der Waals surface area contributed by atoms with E-state index in [1.807, 2.05) is 0 Å². The number of benzene rings is 1. The number of hydrogen-bond donors (Lipinski definition) is 2. The number of phenols is 1.